The first kappa shape index (κ1) is 23.0. The second-order valence-corrected chi connectivity index (χ2v) is 8.09. The lowest BCUT2D eigenvalue weighted by Gasteiger charge is -2.10. The highest BCUT2D eigenvalue weighted by Gasteiger charge is 2.13. The molecule has 0 aliphatic heterocycles. The molecule has 3 rings (SSSR count). The summed E-state index contributed by atoms with van der Waals surface area (Å²) < 4.78 is 0. The number of nitrogens with one attached hydrogen (secondary N) is 3. The summed E-state index contributed by atoms with van der Waals surface area (Å²) in [5.41, 5.74) is 7.40. The van der Waals surface area contributed by atoms with Crippen molar-refractivity contribution in [2.75, 3.05) is 10.6 Å². The van der Waals surface area contributed by atoms with E-state index in [0.717, 1.165) is 22.5 Å². The first-order valence-electron chi connectivity index (χ1n) is 10.2. The molecule has 0 atom stereocenters. The van der Waals surface area contributed by atoms with Crippen molar-refractivity contribution in [1.29, 1.82) is 0 Å². The first-order valence-corrected chi connectivity index (χ1v) is 10.6. The van der Waals surface area contributed by atoms with E-state index in [1.807, 2.05) is 49.4 Å². The molecule has 3 aromatic carbocycles. The van der Waals surface area contributed by atoms with Crippen LogP contribution in [0.15, 0.2) is 71.8 Å². The minimum atomic E-state index is -0.871. The molecule has 0 aromatic heterocycles. The zero-order valence-electron chi connectivity index (χ0n) is 18.1. The Morgan fingerprint density at radius 1 is 0.906 bits per heavy atom. The fourth-order valence-corrected chi connectivity index (χ4v) is 3.08. The Morgan fingerprint density at radius 2 is 1.56 bits per heavy atom. The topological polar surface area (TPSA) is 82.6 Å². The maximum Gasteiger partial charge on any atom is 0.329 e. The van der Waals surface area contributed by atoms with E-state index in [1.165, 1.54) is 6.21 Å². The molecule has 3 aromatic rings. The monoisotopic (exact) mass is 448 g/mol. The van der Waals surface area contributed by atoms with Crippen molar-refractivity contribution in [3.05, 3.63) is 88.4 Å². The number of hydrazone groups is 1. The summed E-state index contributed by atoms with van der Waals surface area (Å²) in [6.45, 7) is 6.19. The van der Waals surface area contributed by atoms with E-state index in [-0.39, 0.29) is 0 Å². The van der Waals surface area contributed by atoms with Gasteiger partial charge in [-0.05, 0) is 60.9 Å². The zero-order chi connectivity index (χ0) is 23.1. The van der Waals surface area contributed by atoms with Gasteiger partial charge in [-0.1, -0.05) is 55.3 Å². The number of aryl methyl sites for hydroxylation is 1. The van der Waals surface area contributed by atoms with Crippen LogP contribution in [0.2, 0.25) is 5.02 Å². The normalized spacial score (nSPS) is 10.9. The predicted octanol–water partition coefficient (Wildman–Crippen LogP) is 5.60. The standard InChI is InChI=1S/C25H25ClN4O2/c1-16(2)18-6-11-22(12-7-18)29-24(31)25(32)30-27-15-19-14-20(26)8-13-23(19)28-21-9-4-17(3)5-10-21/h4-16,28H,1-3H3,(H,29,31)(H,30,32)/b27-15-. The van der Waals surface area contributed by atoms with Gasteiger partial charge < -0.3 is 10.6 Å². The van der Waals surface area contributed by atoms with Crippen LogP contribution in [0, 0.1) is 6.92 Å². The number of amides is 2. The maximum atomic E-state index is 12.1. The van der Waals surface area contributed by atoms with Crippen LogP contribution >= 0.6 is 11.6 Å². The van der Waals surface area contributed by atoms with Crippen LogP contribution < -0.4 is 16.1 Å². The van der Waals surface area contributed by atoms with Gasteiger partial charge in [-0.2, -0.15) is 5.10 Å². The second kappa shape index (κ2) is 10.6. The average molecular weight is 449 g/mol. The third-order valence-corrected chi connectivity index (χ3v) is 4.99. The van der Waals surface area contributed by atoms with Crippen molar-refractivity contribution in [1.82, 2.24) is 5.43 Å². The van der Waals surface area contributed by atoms with Gasteiger partial charge in [0.25, 0.3) is 0 Å². The molecule has 2 amide bonds. The Hall–Kier alpha value is -3.64. The zero-order valence-corrected chi connectivity index (χ0v) is 18.9. The molecule has 0 spiro atoms. The van der Waals surface area contributed by atoms with Crippen LogP contribution in [-0.4, -0.2) is 18.0 Å². The highest BCUT2D eigenvalue weighted by molar-refractivity contribution is 6.39. The molecule has 6 nitrogen and oxygen atoms in total. The summed E-state index contributed by atoms with van der Waals surface area (Å²) >= 11 is 6.11. The Kier molecular flexibility index (Phi) is 7.63. The van der Waals surface area contributed by atoms with Crippen molar-refractivity contribution in [2.45, 2.75) is 26.7 Å². The molecule has 32 heavy (non-hydrogen) atoms. The van der Waals surface area contributed by atoms with Crippen LogP contribution in [0.25, 0.3) is 0 Å². The lowest BCUT2D eigenvalue weighted by molar-refractivity contribution is -0.136. The number of rotatable bonds is 6. The number of benzene rings is 3. The van der Waals surface area contributed by atoms with Gasteiger partial charge >= 0.3 is 11.8 Å². The molecule has 0 fully saturated rings. The molecule has 0 heterocycles. The average Bonchev–Trinajstić information content (AvgIpc) is 2.77. The molecule has 164 valence electrons. The summed E-state index contributed by atoms with van der Waals surface area (Å²) in [5.74, 6) is -1.29. The van der Waals surface area contributed by atoms with Crippen molar-refractivity contribution in [3.8, 4) is 0 Å². The van der Waals surface area contributed by atoms with Gasteiger partial charge in [0.1, 0.15) is 0 Å². The van der Waals surface area contributed by atoms with Crippen molar-refractivity contribution < 1.29 is 9.59 Å². The number of carbonyl (C=O) groups is 2. The van der Waals surface area contributed by atoms with E-state index in [1.54, 1.807) is 24.3 Å². The van der Waals surface area contributed by atoms with E-state index >= 15 is 0 Å². The number of anilines is 3. The Morgan fingerprint density at radius 3 is 2.22 bits per heavy atom. The molecule has 0 unspecified atom stereocenters. The third-order valence-electron chi connectivity index (χ3n) is 4.76. The largest absolute Gasteiger partial charge is 0.355 e. The Bertz CT molecular complexity index is 1120. The second-order valence-electron chi connectivity index (χ2n) is 7.65. The lowest BCUT2D eigenvalue weighted by atomic mass is 10.0. The lowest BCUT2D eigenvalue weighted by Crippen LogP contribution is -2.32. The van der Waals surface area contributed by atoms with Gasteiger partial charge in [0.2, 0.25) is 0 Å². The molecule has 0 radical (unpaired) electrons. The number of nitrogens with zero attached hydrogens (tertiary/aromatic N) is 1. The minimum Gasteiger partial charge on any atom is -0.355 e. The highest BCUT2D eigenvalue weighted by atomic mass is 35.5. The molecule has 7 heteroatoms. The molecule has 0 bridgehead atoms. The van der Waals surface area contributed by atoms with Crippen LogP contribution in [0.1, 0.15) is 36.5 Å². The van der Waals surface area contributed by atoms with E-state index in [2.05, 4.69) is 35.0 Å². The summed E-state index contributed by atoms with van der Waals surface area (Å²) in [6, 6.07) is 20.6. The molecule has 0 aliphatic carbocycles. The van der Waals surface area contributed by atoms with Crippen LogP contribution in [0.5, 0.6) is 0 Å². The number of hydrogen-bond acceptors (Lipinski definition) is 4. The molecular formula is C25H25ClN4O2. The van der Waals surface area contributed by atoms with Crippen LogP contribution in [0.4, 0.5) is 17.1 Å². The summed E-state index contributed by atoms with van der Waals surface area (Å²) in [7, 11) is 0. The van der Waals surface area contributed by atoms with Crippen LogP contribution in [0.3, 0.4) is 0 Å². The van der Waals surface area contributed by atoms with Crippen molar-refractivity contribution >= 4 is 46.7 Å². The fraction of sp³-hybridized carbons (Fsp3) is 0.160. The maximum absolute atomic E-state index is 12.1. The summed E-state index contributed by atoms with van der Waals surface area (Å²) in [6.07, 6.45) is 1.44. The Balaban J connectivity index is 1.63. The van der Waals surface area contributed by atoms with Gasteiger partial charge in [-0.15, -0.1) is 0 Å². The van der Waals surface area contributed by atoms with E-state index in [4.69, 9.17) is 11.6 Å². The molecule has 0 aliphatic rings. The van der Waals surface area contributed by atoms with Gasteiger partial charge in [0.15, 0.2) is 0 Å². The quantitative estimate of drug-likeness (QED) is 0.260. The van der Waals surface area contributed by atoms with Gasteiger partial charge in [-0.3, -0.25) is 9.59 Å². The third kappa shape index (κ3) is 6.43. The van der Waals surface area contributed by atoms with Crippen molar-refractivity contribution in [3.63, 3.8) is 0 Å². The number of carbonyl (C=O) groups excluding carboxylic acids is 2. The smallest absolute Gasteiger partial charge is 0.329 e. The van der Waals surface area contributed by atoms with Crippen LogP contribution in [-0.2, 0) is 9.59 Å². The fourth-order valence-electron chi connectivity index (χ4n) is 2.90. The predicted molar refractivity (Wildman–Crippen MR) is 131 cm³/mol. The Labute approximate surface area is 192 Å². The van der Waals surface area contributed by atoms with Gasteiger partial charge in [0, 0.05) is 27.6 Å². The van der Waals surface area contributed by atoms with Gasteiger partial charge in [-0.25, -0.2) is 5.43 Å². The molecule has 0 saturated heterocycles. The van der Waals surface area contributed by atoms with Gasteiger partial charge in [0.05, 0.1) is 6.21 Å². The van der Waals surface area contributed by atoms with Crippen molar-refractivity contribution in [2.24, 2.45) is 5.10 Å². The first-order chi connectivity index (χ1) is 15.3. The molecular weight excluding hydrogens is 424 g/mol. The van der Waals surface area contributed by atoms with E-state index in [9.17, 15) is 9.59 Å². The SMILES string of the molecule is Cc1ccc(Nc2ccc(Cl)cc2/C=N\NC(=O)C(=O)Nc2ccc(C(C)C)cc2)cc1. The summed E-state index contributed by atoms with van der Waals surface area (Å²) in [5, 5.41) is 10.3. The van der Waals surface area contributed by atoms with E-state index < -0.39 is 11.8 Å². The summed E-state index contributed by atoms with van der Waals surface area (Å²) in [4.78, 5) is 24.2. The minimum absolute atomic E-state index is 0.384. The molecule has 0 saturated carbocycles. The number of halogens is 1. The number of hydrogen-bond donors (Lipinski definition) is 3. The highest BCUT2D eigenvalue weighted by Crippen LogP contribution is 2.23. The van der Waals surface area contributed by atoms with E-state index in [0.29, 0.717) is 22.2 Å². The molecule has 3 N–H and O–H groups in total.